The van der Waals surface area contributed by atoms with Crippen LogP contribution in [-0.2, 0) is 0 Å². The van der Waals surface area contributed by atoms with Gasteiger partial charge in [-0.3, -0.25) is 0 Å². The van der Waals surface area contributed by atoms with Gasteiger partial charge in [0.2, 0.25) is 0 Å². The number of hydrogen-bond acceptors (Lipinski definition) is 2. The van der Waals surface area contributed by atoms with Gasteiger partial charge in [0, 0.05) is 0 Å². The van der Waals surface area contributed by atoms with Crippen LogP contribution < -0.4 is 4.74 Å². The van der Waals surface area contributed by atoms with Crippen molar-refractivity contribution in [2.45, 2.75) is 24.8 Å². The van der Waals surface area contributed by atoms with E-state index >= 15 is 0 Å². The van der Waals surface area contributed by atoms with E-state index in [0.29, 0.717) is 0 Å². The van der Waals surface area contributed by atoms with E-state index < -0.39 is 0 Å². The van der Waals surface area contributed by atoms with Crippen molar-refractivity contribution in [3.63, 3.8) is 0 Å². The van der Waals surface area contributed by atoms with Crippen molar-refractivity contribution in [2.24, 2.45) is 0 Å². The Morgan fingerprint density at radius 3 is 2.22 bits per heavy atom. The molecule has 0 aliphatic rings. The Hall–Kier alpha value is -0.740. The van der Waals surface area contributed by atoms with Crippen LogP contribution >= 0.6 is 31.9 Å². The Labute approximate surface area is 124 Å². The average molecular weight is 374 g/mol. The summed E-state index contributed by atoms with van der Waals surface area (Å²) in [5.74, 6) is 1.76. The molecule has 4 heteroatoms. The second-order valence-corrected chi connectivity index (χ2v) is 5.94. The van der Waals surface area contributed by atoms with E-state index in [1.165, 1.54) is 0 Å². The van der Waals surface area contributed by atoms with Crippen LogP contribution in [0.1, 0.15) is 30.0 Å². The molecule has 1 unspecified atom stereocenters. The highest BCUT2D eigenvalue weighted by atomic mass is 79.9. The van der Waals surface area contributed by atoms with E-state index in [9.17, 15) is 0 Å². The van der Waals surface area contributed by atoms with E-state index in [1.54, 1.807) is 0 Å². The Kier molecular flexibility index (Phi) is 4.51. The fourth-order valence-corrected chi connectivity index (χ4v) is 2.49. The van der Waals surface area contributed by atoms with Gasteiger partial charge in [0.05, 0.1) is 10.9 Å². The van der Waals surface area contributed by atoms with Crippen molar-refractivity contribution < 1.29 is 9.15 Å². The van der Waals surface area contributed by atoms with Crippen LogP contribution in [0.3, 0.4) is 0 Å². The van der Waals surface area contributed by atoms with Gasteiger partial charge in [-0.15, -0.1) is 0 Å². The molecule has 2 rings (SSSR count). The van der Waals surface area contributed by atoms with Crippen molar-refractivity contribution >= 4 is 31.9 Å². The summed E-state index contributed by atoms with van der Waals surface area (Å²) >= 11 is 6.93. The summed E-state index contributed by atoms with van der Waals surface area (Å²) in [4.78, 5) is 0.0527. The molecule has 0 aliphatic heterocycles. The Balaban J connectivity index is 2.14. The van der Waals surface area contributed by atoms with Crippen LogP contribution in [0.5, 0.6) is 5.75 Å². The third-order valence-corrected chi connectivity index (χ3v) is 3.79. The maximum atomic E-state index is 5.61. The first-order valence-electron chi connectivity index (χ1n) is 5.72. The Morgan fingerprint density at radius 1 is 1.06 bits per heavy atom. The highest BCUT2D eigenvalue weighted by molar-refractivity contribution is 9.10. The third-order valence-electron chi connectivity index (χ3n) is 2.39. The van der Waals surface area contributed by atoms with Gasteiger partial charge in [-0.05, 0) is 59.6 Å². The molecular weight excluding hydrogens is 360 g/mol. The summed E-state index contributed by atoms with van der Waals surface area (Å²) in [6.45, 7) is 4.03. The molecule has 1 atom stereocenters. The second kappa shape index (κ2) is 5.93. The van der Waals surface area contributed by atoms with Crippen molar-refractivity contribution in [3.05, 3.63) is 52.4 Å². The largest absolute Gasteiger partial charge is 0.491 e. The number of alkyl halides is 1. The van der Waals surface area contributed by atoms with E-state index in [4.69, 9.17) is 9.15 Å². The SMILES string of the molecule is CC(C)Oc1ccc(C(Br)c2ccc(Br)o2)cc1. The fourth-order valence-electron chi connectivity index (χ4n) is 1.62. The average Bonchev–Trinajstić information content (AvgIpc) is 2.75. The minimum Gasteiger partial charge on any atom is -0.491 e. The second-order valence-electron chi connectivity index (χ2n) is 4.24. The van der Waals surface area contributed by atoms with Crippen molar-refractivity contribution in [2.75, 3.05) is 0 Å². The lowest BCUT2D eigenvalue weighted by Gasteiger charge is -2.11. The quantitative estimate of drug-likeness (QED) is 0.677. The van der Waals surface area contributed by atoms with Crippen LogP contribution in [0.25, 0.3) is 0 Å². The van der Waals surface area contributed by atoms with E-state index in [2.05, 4.69) is 31.9 Å². The molecule has 1 aromatic carbocycles. The van der Waals surface area contributed by atoms with Crippen LogP contribution in [0.4, 0.5) is 0 Å². The van der Waals surface area contributed by atoms with Crippen molar-refractivity contribution in [1.82, 2.24) is 0 Å². The molecule has 1 heterocycles. The minimum absolute atomic E-state index is 0.0527. The molecule has 2 aromatic rings. The molecule has 0 spiro atoms. The standard InChI is InChI=1S/C14H14Br2O2/c1-9(2)17-11-5-3-10(4-6-11)14(16)12-7-8-13(15)18-12/h3-9,14H,1-2H3. The third kappa shape index (κ3) is 3.39. The zero-order chi connectivity index (χ0) is 13.1. The molecular formula is C14H14Br2O2. The van der Waals surface area contributed by atoms with Gasteiger partial charge >= 0.3 is 0 Å². The smallest absolute Gasteiger partial charge is 0.169 e. The molecule has 0 aliphatic carbocycles. The minimum atomic E-state index is 0.0527. The molecule has 1 aromatic heterocycles. The monoisotopic (exact) mass is 372 g/mol. The zero-order valence-electron chi connectivity index (χ0n) is 10.2. The maximum absolute atomic E-state index is 5.61. The topological polar surface area (TPSA) is 22.4 Å². The maximum Gasteiger partial charge on any atom is 0.169 e. The molecule has 0 radical (unpaired) electrons. The molecule has 96 valence electrons. The molecule has 0 bridgehead atoms. The number of rotatable bonds is 4. The predicted molar refractivity (Wildman–Crippen MR) is 79.4 cm³/mol. The Morgan fingerprint density at radius 2 is 1.72 bits per heavy atom. The summed E-state index contributed by atoms with van der Waals surface area (Å²) in [5, 5.41) is 0. The molecule has 0 saturated heterocycles. The van der Waals surface area contributed by atoms with Gasteiger partial charge in [-0.2, -0.15) is 0 Å². The van der Waals surface area contributed by atoms with Gasteiger partial charge in [0.25, 0.3) is 0 Å². The van der Waals surface area contributed by atoms with Crippen LogP contribution in [-0.4, -0.2) is 6.10 Å². The lowest BCUT2D eigenvalue weighted by molar-refractivity contribution is 0.242. The highest BCUT2D eigenvalue weighted by Gasteiger charge is 2.14. The summed E-state index contributed by atoms with van der Waals surface area (Å²) in [6.07, 6.45) is 0.191. The lowest BCUT2D eigenvalue weighted by atomic mass is 10.1. The predicted octanol–water partition coefficient (Wildman–Crippen LogP) is 5.31. The van der Waals surface area contributed by atoms with Crippen LogP contribution in [0, 0.1) is 0 Å². The molecule has 18 heavy (non-hydrogen) atoms. The van der Waals surface area contributed by atoms with E-state index in [0.717, 1.165) is 21.7 Å². The first kappa shape index (κ1) is 13.7. The summed E-state index contributed by atoms with van der Waals surface area (Å²) in [5.41, 5.74) is 1.13. The van der Waals surface area contributed by atoms with Crippen LogP contribution in [0.15, 0.2) is 45.5 Å². The molecule has 0 amide bonds. The highest BCUT2D eigenvalue weighted by Crippen LogP contribution is 2.33. The van der Waals surface area contributed by atoms with Gasteiger partial charge < -0.3 is 9.15 Å². The number of furan rings is 1. The molecule has 2 nitrogen and oxygen atoms in total. The zero-order valence-corrected chi connectivity index (χ0v) is 13.4. The van der Waals surface area contributed by atoms with Gasteiger partial charge in [-0.1, -0.05) is 28.1 Å². The molecule has 0 N–H and O–H groups in total. The first-order valence-corrected chi connectivity index (χ1v) is 7.43. The van der Waals surface area contributed by atoms with Gasteiger partial charge in [0.1, 0.15) is 11.5 Å². The van der Waals surface area contributed by atoms with Crippen molar-refractivity contribution in [3.8, 4) is 5.75 Å². The normalized spacial score (nSPS) is 12.7. The van der Waals surface area contributed by atoms with Crippen LogP contribution in [0.2, 0.25) is 0 Å². The summed E-state index contributed by atoms with van der Waals surface area (Å²) in [6, 6.07) is 11.9. The fraction of sp³-hybridized carbons (Fsp3) is 0.286. The summed E-state index contributed by atoms with van der Waals surface area (Å²) in [7, 11) is 0. The lowest BCUT2D eigenvalue weighted by Crippen LogP contribution is -2.05. The van der Waals surface area contributed by atoms with Gasteiger partial charge in [-0.25, -0.2) is 0 Å². The first-order chi connectivity index (χ1) is 8.56. The molecule has 0 fully saturated rings. The number of hydrogen-bond donors (Lipinski definition) is 0. The van der Waals surface area contributed by atoms with E-state index in [1.807, 2.05) is 50.2 Å². The van der Waals surface area contributed by atoms with Crippen molar-refractivity contribution in [1.29, 1.82) is 0 Å². The number of benzene rings is 1. The molecule has 0 saturated carbocycles. The van der Waals surface area contributed by atoms with E-state index in [-0.39, 0.29) is 10.9 Å². The van der Waals surface area contributed by atoms with Gasteiger partial charge in [0.15, 0.2) is 4.67 Å². The Bertz CT molecular complexity index is 503. The number of ether oxygens (including phenoxy) is 1. The summed E-state index contributed by atoms with van der Waals surface area (Å²) < 4.78 is 11.9. The number of halogens is 2.